The molecule has 3 heteroatoms. The molecule has 0 heterocycles. The molecule has 0 saturated carbocycles. The molecule has 2 nitrogen and oxygen atoms in total. The molecule has 5 aromatic rings. The van der Waals surface area contributed by atoms with Crippen molar-refractivity contribution in [3.05, 3.63) is 120 Å². The molecule has 34 heavy (non-hydrogen) atoms. The minimum Gasteiger partial charge on any atom is -0.507 e. The number of hydrogen-bond donors (Lipinski definition) is 2. The van der Waals surface area contributed by atoms with E-state index < -0.39 is 7.26 Å². The molecule has 0 bridgehead atoms. The van der Waals surface area contributed by atoms with E-state index in [1.54, 1.807) is 6.07 Å². The standard InChI is InChI=1S/C31H27O2P/c1-21-8-14-24(15-9-21)34(25-16-10-22(2)11-17-25,26-18-12-23(3)13-19-26)30-20-29(32)27-6-4-5-7-28(27)31(30)33/h4-20H,1-3H3,(H-,32,33)/p+1. The summed E-state index contributed by atoms with van der Waals surface area (Å²) in [6.45, 7) is 6.25. The Morgan fingerprint density at radius 3 is 1.29 bits per heavy atom. The summed E-state index contributed by atoms with van der Waals surface area (Å²) in [5.74, 6) is 0.405. The van der Waals surface area contributed by atoms with Gasteiger partial charge in [-0.25, -0.2) is 0 Å². The lowest BCUT2D eigenvalue weighted by Crippen LogP contribution is -2.39. The maximum absolute atomic E-state index is 11.8. The van der Waals surface area contributed by atoms with Gasteiger partial charge in [-0.3, -0.25) is 0 Å². The number of aryl methyl sites for hydroxylation is 3. The highest BCUT2D eigenvalue weighted by Gasteiger charge is 2.50. The van der Waals surface area contributed by atoms with Crippen LogP contribution in [0.25, 0.3) is 10.8 Å². The average molecular weight is 464 g/mol. The summed E-state index contributed by atoms with van der Waals surface area (Å²) in [4.78, 5) is 0. The van der Waals surface area contributed by atoms with Gasteiger partial charge in [0.05, 0.1) is 0 Å². The number of phenols is 2. The van der Waals surface area contributed by atoms with Gasteiger partial charge in [-0.05, 0) is 57.2 Å². The monoisotopic (exact) mass is 463 g/mol. The van der Waals surface area contributed by atoms with E-state index in [-0.39, 0.29) is 11.5 Å². The van der Waals surface area contributed by atoms with Gasteiger partial charge in [0.1, 0.15) is 28.9 Å². The van der Waals surface area contributed by atoms with Crippen molar-refractivity contribution in [3.8, 4) is 11.5 Å². The Labute approximate surface area is 201 Å². The Kier molecular flexibility index (Phi) is 5.63. The molecule has 0 amide bonds. The van der Waals surface area contributed by atoms with Crippen LogP contribution < -0.4 is 21.2 Å². The molecular weight excluding hydrogens is 435 g/mol. The normalized spacial score (nSPS) is 11.6. The maximum Gasteiger partial charge on any atom is 0.167 e. The number of phenolic OH excluding ortho intramolecular Hbond substituents is 2. The van der Waals surface area contributed by atoms with Crippen molar-refractivity contribution in [2.45, 2.75) is 20.8 Å². The van der Waals surface area contributed by atoms with E-state index in [1.165, 1.54) is 16.7 Å². The molecule has 0 aliphatic rings. The third kappa shape index (κ3) is 3.56. The zero-order valence-corrected chi connectivity index (χ0v) is 20.6. The van der Waals surface area contributed by atoms with Crippen molar-refractivity contribution in [3.63, 3.8) is 0 Å². The predicted molar refractivity (Wildman–Crippen MR) is 146 cm³/mol. The van der Waals surface area contributed by atoms with Crippen LogP contribution in [0.15, 0.2) is 103 Å². The van der Waals surface area contributed by atoms with Gasteiger partial charge < -0.3 is 10.2 Å². The van der Waals surface area contributed by atoms with Gasteiger partial charge in [0.25, 0.3) is 0 Å². The second kappa shape index (κ2) is 8.63. The van der Waals surface area contributed by atoms with E-state index in [4.69, 9.17) is 0 Å². The third-order valence-corrected chi connectivity index (χ3v) is 10.9. The van der Waals surface area contributed by atoms with Crippen LogP contribution in [0.5, 0.6) is 11.5 Å². The second-order valence-corrected chi connectivity index (χ2v) is 12.4. The molecule has 0 aliphatic carbocycles. The van der Waals surface area contributed by atoms with E-state index in [2.05, 4.69) is 93.6 Å². The zero-order valence-electron chi connectivity index (χ0n) is 19.7. The third-order valence-electron chi connectivity index (χ3n) is 6.60. The summed E-state index contributed by atoms with van der Waals surface area (Å²) in [6.07, 6.45) is 0. The number of hydrogen-bond acceptors (Lipinski definition) is 2. The van der Waals surface area contributed by atoms with Gasteiger partial charge in [-0.15, -0.1) is 0 Å². The van der Waals surface area contributed by atoms with Gasteiger partial charge in [0, 0.05) is 16.8 Å². The van der Waals surface area contributed by atoms with Crippen LogP contribution in [0, 0.1) is 20.8 Å². The lowest BCUT2D eigenvalue weighted by Gasteiger charge is -2.29. The summed E-state index contributed by atoms with van der Waals surface area (Å²) >= 11 is 0. The smallest absolute Gasteiger partial charge is 0.167 e. The topological polar surface area (TPSA) is 40.5 Å². The molecule has 0 radical (unpaired) electrons. The van der Waals surface area contributed by atoms with E-state index in [0.717, 1.165) is 21.2 Å². The minimum atomic E-state index is -2.54. The molecule has 0 aliphatic heterocycles. The first-order valence-corrected chi connectivity index (χ1v) is 13.2. The molecule has 0 saturated heterocycles. The fourth-order valence-electron chi connectivity index (χ4n) is 4.75. The van der Waals surface area contributed by atoms with E-state index >= 15 is 0 Å². The lowest BCUT2D eigenvalue weighted by molar-refractivity contribution is 0.473. The van der Waals surface area contributed by atoms with Crippen LogP contribution >= 0.6 is 7.26 Å². The summed E-state index contributed by atoms with van der Waals surface area (Å²) in [7, 11) is -2.54. The van der Waals surface area contributed by atoms with Crippen LogP contribution in [0.4, 0.5) is 0 Å². The molecule has 2 N–H and O–H groups in total. The molecule has 0 aromatic heterocycles. The Bertz CT molecular complexity index is 1360. The number of rotatable bonds is 4. The number of benzene rings is 5. The molecule has 0 spiro atoms. The quantitative estimate of drug-likeness (QED) is 0.261. The Hall–Kier alpha value is -3.61. The molecule has 168 valence electrons. The lowest BCUT2D eigenvalue weighted by atomic mass is 10.1. The average Bonchev–Trinajstić information content (AvgIpc) is 2.85. The van der Waals surface area contributed by atoms with Crippen molar-refractivity contribution in [1.29, 1.82) is 0 Å². The second-order valence-electron chi connectivity index (χ2n) is 8.99. The predicted octanol–water partition coefficient (Wildman–Crippen LogP) is 5.80. The van der Waals surface area contributed by atoms with E-state index in [9.17, 15) is 10.2 Å². The number of fused-ring (bicyclic) bond motifs is 1. The Balaban J connectivity index is 1.98. The van der Waals surface area contributed by atoms with Crippen LogP contribution in [0.3, 0.4) is 0 Å². The van der Waals surface area contributed by atoms with Gasteiger partial charge in [-0.2, -0.15) is 0 Å². The van der Waals surface area contributed by atoms with Gasteiger partial charge in [0.2, 0.25) is 0 Å². The molecule has 5 rings (SSSR count). The van der Waals surface area contributed by atoms with E-state index in [0.29, 0.717) is 10.8 Å². The van der Waals surface area contributed by atoms with Gasteiger partial charge in [-0.1, -0.05) is 77.4 Å². The van der Waals surface area contributed by atoms with Crippen molar-refractivity contribution >= 4 is 39.3 Å². The molecule has 0 unspecified atom stereocenters. The van der Waals surface area contributed by atoms with Crippen molar-refractivity contribution < 1.29 is 10.2 Å². The van der Waals surface area contributed by atoms with Gasteiger partial charge in [0.15, 0.2) is 11.1 Å². The van der Waals surface area contributed by atoms with Gasteiger partial charge >= 0.3 is 0 Å². The van der Waals surface area contributed by atoms with Crippen LogP contribution in [-0.2, 0) is 0 Å². The highest BCUT2D eigenvalue weighted by atomic mass is 31.2. The Morgan fingerprint density at radius 1 is 0.500 bits per heavy atom. The SMILES string of the molecule is Cc1ccc([P+](c2ccc(C)cc2)(c2ccc(C)cc2)c2cc(O)c3ccccc3c2O)cc1. The first-order chi connectivity index (χ1) is 16.4. The first kappa shape index (κ1) is 22.2. The van der Waals surface area contributed by atoms with Crippen LogP contribution in [0.1, 0.15) is 16.7 Å². The van der Waals surface area contributed by atoms with Crippen LogP contribution in [0.2, 0.25) is 0 Å². The summed E-state index contributed by atoms with van der Waals surface area (Å²) in [5, 5.41) is 28.4. The maximum atomic E-state index is 11.8. The molecule has 0 atom stereocenters. The fourth-order valence-corrected chi connectivity index (χ4v) is 9.02. The molecule has 5 aromatic carbocycles. The largest absolute Gasteiger partial charge is 0.507 e. The first-order valence-electron chi connectivity index (χ1n) is 11.5. The summed E-state index contributed by atoms with van der Waals surface area (Å²) in [5.41, 5.74) is 3.54. The van der Waals surface area contributed by atoms with Crippen LogP contribution in [-0.4, -0.2) is 10.2 Å². The Morgan fingerprint density at radius 2 is 0.882 bits per heavy atom. The van der Waals surface area contributed by atoms with E-state index in [1.807, 2.05) is 24.3 Å². The minimum absolute atomic E-state index is 0.180. The highest BCUT2D eigenvalue weighted by molar-refractivity contribution is 8.01. The zero-order chi connectivity index (χ0) is 23.9. The van der Waals surface area contributed by atoms with Crippen molar-refractivity contribution in [2.24, 2.45) is 0 Å². The summed E-state index contributed by atoms with van der Waals surface area (Å²) in [6, 6.07) is 35.1. The highest BCUT2D eigenvalue weighted by Crippen LogP contribution is 2.57. The van der Waals surface area contributed by atoms with Crippen molar-refractivity contribution in [1.82, 2.24) is 0 Å². The molecular formula is C31H28O2P+. The number of aromatic hydroxyl groups is 2. The summed E-state index contributed by atoms with van der Waals surface area (Å²) < 4.78 is 0. The molecule has 0 fully saturated rings. The fraction of sp³-hybridized carbons (Fsp3) is 0.0968. The van der Waals surface area contributed by atoms with Crippen molar-refractivity contribution in [2.75, 3.05) is 0 Å².